The first-order chi connectivity index (χ1) is 17.4. The van der Waals surface area contributed by atoms with Crippen LogP contribution in [-0.4, -0.2) is 11.8 Å². The van der Waals surface area contributed by atoms with Crippen molar-refractivity contribution in [3.63, 3.8) is 0 Å². The summed E-state index contributed by atoms with van der Waals surface area (Å²) in [4.78, 5) is 26.7. The number of hydrogen-bond acceptors (Lipinski definition) is 3. The van der Waals surface area contributed by atoms with E-state index < -0.39 is 5.25 Å². The molecule has 4 nitrogen and oxygen atoms in total. The van der Waals surface area contributed by atoms with Gasteiger partial charge in [-0.1, -0.05) is 89.4 Å². The van der Waals surface area contributed by atoms with Crippen LogP contribution in [0.3, 0.4) is 0 Å². The molecular formula is C28H21Cl3N2O2S. The summed E-state index contributed by atoms with van der Waals surface area (Å²) in [5.74, 6) is -0.389. The van der Waals surface area contributed by atoms with Gasteiger partial charge in [0.25, 0.3) is 0 Å². The lowest BCUT2D eigenvalue weighted by atomic mass is 10.1. The summed E-state index contributed by atoms with van der Waals surface area (Å²) in [6.07, 6.45) is 0.226. The number of rotatable bonds is 8. The average Bonchev–Trinajstić information content (AvgIpc) is 2.87. The maximum atomic E-state index is 13.4. The number of carbonyl (C=O) groups is 2. The molecule has 0 aromatic heterocycles. The summed E-state index contributed by atoms with van der Waals surface area (Å²) in [7, 11) is 0. The SMILES string of the molecule is O=C(Cc1ccc(Cl)cc1)Nc1cccc(SC(C(=O)Nc2cccc(Cl)c2Cl)c2ccccc2)c1. The maximum absolute atomic E-state index is 13.4. The maximum Gasteiger partial charge on any atom is 0.242 e. The highest BCUT2D eigenvalue weighted by Crippen LogP contribution is 2.38. The molecule has 0 fully saturated rings. The number of benzene rings is 4. The lowest BCUT2D eigenvalue weighted by Crippen LogP contribution is -2.19. The van der Waals surface area contributed by atoms with Crippen LogP contribution < -0.4 is 10.6 Å². The normalized spacial score (nSPS) is 11.5. The molecule has 0 radical (unpaired) electrons. The van der Waals surface area contributed by atoms with Crippen molar-refractivity contribution in [3.8, 4) is 0 Å². The minimum Gasteiger partial charge on any atom is -0.326 e. The molecule has 0 heterocycles. The third-order valence-corrected chi connectivity index (χ3v) is 7.52. The summed E-state index contributed by atoms with van der Waals surface area (Å²) in [5.41, 5.74) is 2.78. The first-order valence-electron chi connectivity index (χ1n) is 11.0. The number of carbonyl (C=O) groups excluding carboxylic acids is 2. The van der Waals surface area contributed by atoms with E-state index in [9.17, 15) is 9.59 Å². The summed E-state index contributed by atoms with van der Waals surface area (Å²) in [6, 6.07) is 29.1. The van der Waals surface area contributed by atoms with Crippen LogP contribution in [0, 0.1) is 0 Å². The van der Waals surface area contributed by atoms with E-state index in [0.717, 1.165) is 16.0 Å². The quantitative estimate of drug-likeness (QED) is 0.215. The van der Waals surface area contributed by atoms with Gasteiger partial charge in [0.1, 0.15) is 5.25 Å². The first kappa shape index (κ1) is 26.1. The topological polar surface area (TPSA) is 58.2 Å². The molecule has 8 heteroatoms. The largest absolute Gasteiger partial charge is 0.326 e. The van der Waals surface area contributed by atoms with E-state index in [1.165, 1.54) is 11.8 Å². The van der Waals surface area contributed by atoms with Crippen molar-refractivity contribution in [1.29, 1.82) is 0 Å². The third kappa shape index (κ3) is 7.05. The predicted octanol–water partition coefficient (Wildman–Crippen LogP) is 8.30. The number of hydrogen-bond donors (Lipinski definition) is 2. The highest BCUT2D eigenvalue weighted by atomic mass is 35.5. The van der Waals surface area contributed by atoms with Crippen LogP contribution >= 0.6 is 46.6 Å². The van der Waals surface area contributed by atoms with Gasteiger partial charge in [-0.2, -0.15) is 0 Å². The molecule has 0 aliphatic rings. The summed E-state index contributed by atoms with van der Waals surface area (Å²) in [6.45, 7) is 0. The van der Waals surface area contributed by atoms with Crippen molar-refractivity contribution in [2.24, 2.45) is 0 Å². The molecule has 1 atom stereocenters. The average molecular weight is 556 g/mol. The predicted molar refractivity (Wildman–Crippen MR) is 150 cm³/mol. The van der Waals surface area contributed by atoms with E-state index >= 15 is 0 Å². The Balaban J connectivity index is 1.50. The van der Waals surface area contributed by atoms with Gasteiger partial charge in [0.15, 0.2) is 0 Å². The minimum absolute atomic E-state index is 0.146. The molecule has 0 bridgehead atoms. The Labute approximate surface area is 229 Å². The van der Waals surface area contributed by atoms with Gasteiger partial charge in [0.2, 0.25) is 11.8 Å². The van der Waals surface area contributed by atoms with E-state index in [0.29, 0.717) is 21.4 Å². The summed E-state index contributed by atoms with van der Waals surface area (Å²) >= 11 is 19.7. The second kappa shape index (κ2) is 12.3. The van der Waals surface area contributed by atoms with Gasteiger partial charge in [-0.3, -0.25) is 9.59 Å². The van der Waals surface area contributed by atoms with Crippen molar-refractivity contribution < 1.29 is 9.59 Å². The van der Waals surface area contributed by atoms with Crippen molar-refractivity contribution in [3.05, 3.63) is 123 Å². The van der Waals surface area contributed by atoms with Crippen molar-refractivity contribution in [1.82, 2.24) is 0 Å². The van der Waals surface area contributed by atoms with Gasteiger partial charge in [-0.15, -0.1) is 11.8 Å². The van der Waals surface area contributed by atoms with E-state index in [-0.39, 0.29) is 23.3 Å². The molecule has 0 spiro atoms. The fraction of sp³-hybridized carbons (Fsp3) is 0.0714. The number of amides is 2. The second-order valence-corrected chi connectivity index (χ2v) is 10.3. The van der Waals surface area contributed by atoms with Gasteiger partial charge in [-0.05, 0) is 53.6 Å². The van der Waals surface area contributed by atoms with Crippen LogP contribution in [0.5, 0.6) is 0 Å². The highest BCUT2D eigenvalue weighted by molar-refractivity contribution is 8.00. The lowest BCUT2D eigenvalue weighted by molar-refractivity contribution is -0.116. The fourth-order valence-electron chi connectivity index (χ4n) is 3.48. The number of thioether (sulfide) groups is 1. The molecule has 0 aliphatic heterocycles. The second-order valence-electron chi connectivity index (χ2n) is 7.88. The van der Waals surface area contributed by atoms with Gasteiger partial charge in [-0.25, -0.2) is 0 Å². The van der Waals surface area contributed by atoms with Crippen LogP contribution in [0.25, 0.3) is 0 Å². The molecule has 1 unspecified atom stereocenters. The van der Waals surface area contributed by atoms with E-state index in [1.54, 1.807) is 30.3 Å². The number of anilines is 2. The molecule has 0 aliphatic carbocycles. The Bertz CT molecular complexity index is 1370. The third-order valence-electron chi connectivity index (χ3n) is 5.20. The highest BCUT2D eigenvalue weighted by Gasteiger charge is 2.23. The monoisotopic (exact) mass is 554 g/mol. The van der Waals surface area contributed by atoms with Crippen molar-refractivity contribution >= 4 is 69.8 Å². The smallest absolute Gasteiger partial charge is 0.242 e. The van der Waals surface area contributed by atoms with Crippen molar-refractivity contribution in [2.45, 2.75) is 16.6 Å². The Morgan fingerprint density at radius 2 is 1.50 bits per heavy atom. The Kier molecular flexibility index (Phi) is 8.94. The van der Waals surface area contributed by atoms with Gasteiger partial charge in [0.05, 0.1) is 22.2 Å². The van der Waals surface area contributed by atoms with Crippen molar-refractivity contribution in [2.75, 3.05) is 10.6 Å². The van der Waals surface area contributed by atoms with E-state index in [4.69, 9.17) is 34.8 Å². The van der Waals surface area contributed by atoms with Gasteiger partial charge >= 0.3 is 0 Å². The molecule has 4 aromatic carbocycles. The van der Waals surface area contributed by atoms with Crippen LogP contribution in [0.4, 0.5) is 11.4 Å². The zero-order valence-corrected chi connectivity index (χ0v) is 22.0. The Morgan fingerprint density at radius 3 is 2.25 bits per heavy atom. The van der Waals surface area contributed by atoms with Gasteiger partial charge < -0.3 is 10.6 Å². The fourth-order valence-corrected chi connectivity index (χ4v) is 5.03. The van der Waals surface area contributed by atoms with E-state index in [2.05, 4.69) is 10.6 Å². The standard InChI is InChI=1S/C28H21Cl3N2O2S/c29-20-14-12-18(13-15-20)16-25(34)32-21-8-4-9-22(17-21)36-27(19-6-2-1-3-7-19)28(35)33-24-11-5-10-23(30)26(24)31/h1-15,17,27H,16H2,(H,32,34)(H,33,35). The van der Waals surface area contributed by atoms with E-state index in [1.807, 2.05) is 66.7 Å². The Morgan fingerprint density at radius 1 is 0.778 bits per heavy atom. The molecule has 4 aromatic rings. The molecule has 4 rings (SSSR count). The van der Waals surface area contributed by atoms with Crippen LogP contribution in [-0.2, 0) is 16.0 Å². The molecule has 182 valence electrons. The molecular weight excluding hydrogens is 535 g/mol. The minimum atomic E-state index is -0.568. The zero-order valence-electron chi connectivity index (χ0n) is 18.9. The summed E-state index contributed by atoms with van der Waals surface area (Å²) in [5, 5.41) is 6.52. The first-order valence-corrected chi connectivity index (χ1v) is 13.0. The molecule has 2 amide bonds. The van der Waals surface area contributed by atoms with Crippen LogP contribution in [0.1, 0.15) is 16.4 Å². The molecule has 2 N–H and O–H groups in total. The lowest BCUT2D eigenvalue weighted by Gasteiger charge is -2.18. The number of nitrogens with one attached hydrogen (secondary N) is 2. The van der Waals surface area contributed by atoms with Gasteiger partial charge in [0, 0.05) is 15.6 Å². The number of halogens is 3. The Hall–Kier alpha value is -2.96. The molecule has 0 saturated heterocycles. The summed E-state index contributed by atoms with van der Waals surface area (Å²) < 4.78 is 0. The molecule has 0 saturated carbocycles. The van der Waals surface area contributed by atoms with Crippen LogP contribution in [0.2, 0.25) is 15.1 Å². The molecule has 36 heavy (non-hydrogen) atoms. The van der Waals surface area contributed by atoms with Crippen LogP contribution in [0.15, 0.2) is 102 Å². The zero-order chi connectivity index (χ0) is 25.5.